The van der Waals surface area contributed by atoms with E-state index >= 15 is 0 Å². The van der Waals surface area contributed by atoms with Gasteiger partial charge in [-0.25, -0.2) is 0 Å². The van der Waals surface area contributed by atoms with Crippen molar-refractivity contribution in [2.24, 2.45) is 0 Å². The molecule has 0 aliphatic heterocycles. The summed E-state index contributed by atoms with van der Waals surface area (Å²) in [6.07, 6.45) is 0.485. The standard InChI is InChI=1S/C19H24N2O2/c1-3-21(17-7-5-4-6-8-17)19(22)13-14-20-15-16-9-11-18(23-2)12-10-16/h4-12,20H,3,13-15H2,1-2H3. The van der Waals surface area contributed by atoms with Gasteiger partial charge in [0.15, 0.2) is 0 Å². The second-order valence-electron chi connectivity index (χ2n) is 5.25. The van der Waals surface area contributed by atoms with Gasteiger partial charge < -0.3 is 15.0 Å². The van der Waals surface area contributed by atoms with Gasteiger partial charge in [0.25, 0.3) is 0 Å². The molecule has 1 N–H and O–H groups in total. The van der Waals surface area contributed by atoms with Gasteiger partial charge in [0, 0.05) is 31.7 Å². The van der Waals surface area contributed by atoms with E-state index < -0.39 is 0 Å². The monoisotopic (exact) mass is 312 g/mol. The number of benzene rings is 2. The summed E-state index contributed by atoms with van der Waals surface area (Å²) in [6.45, 7) is 4.08. The van der Waals surface area contributed by atoms with Crippen LogP contribution in [0.4, 0.5) is 5.69 Å². The molecular formula is C19H24N2O2. The number of nitrogens with zero attached hydrogens (tertiary/aromatic N) is 1. The van der Waals surface area contributed by atoms with E-state index in [1.54, 1.807) is 7.11 Å². The summed E-state index contributed by atoms with van der Waals surface area (Å²) in [4.78, 5) is 14.2. The minimum absolute atomic E-state index is 0.140. The number of carbonyl (C=O) groups excluding carboxylic acids is 1. The molecule has 0 radical (unpaired) electrons. The van der Waals surface area contributed by atoms with Crippen LogP contribution in [0.25, 0.3) is 0 Å². The number of methoxy groups -OCH3 is 1. The molecule has 0 aliphatic rings. The fourth-order valence-electron chi connectivity index (χ4n) is 2.42. The van der Waals surface area contributed by atoms with Gasteiger partial charge in [-0.05, 0) is 36.8 Å². The zero-order valence-electron chi connectivity index (χ0n) is 13.8. The third-order valence-corrected chi connectivity index (χ3v) is 3.69. The van der Waals surface area contributed by atoms with Crippen molar-refractivity contribution in [2.75, 3.05) is 25.1 Å². The number of hydrogen-bond donors (Lipinski definition) is 1. The number of anilines is 1. The summed E-state index contributed by atoms with van der Waals surface area (Å²) in [6, 6.07) is 17.7. The first-order valence-electron chi connectivity index (χ1n) is 7.93. The van der Waals surface area contributed by atoms with Crippen molar-refractivity contribution in [3.63, 3.8) is 0 Å². The molecule has 1 amide bonds. The minimum atomic E-state index is 0.140. The Morgan fingerprint density at radius 2 is 1.78 bits per heavy atom. The van der Waals surface area contributed by atoms with Crippen LogP contribution in [0, 0.1) is 0 Å². The van der Waals surface area contributed by atoms with Crippen molar-refractivity contribution in [1.82, 2.24) is 5.32 Å². The van der Waals surface area contributed by atoms with Crippen molar-refractivity contribution in [1.29, 1.82) is 0 Å². The fourth-order valence-corrected chi connectivity index (χ4v) is 2.42. The number of carbonyl (C=O) groups is 1. The molecule has 2 aromatic rings. The molecule has 2 rings (SSSR count). The first-order chi connectivity index (χ1) is 11.2. The number of nitrogens with one attached hydrogen (secondary N) is 1. The lowest BCUT2D eigenvalue weighted by molar-refractivity contribution is -0.118. The average molecular weight is 312 g/mol. The van der Waals surface area contributed by atoms with Gasteiger partial charge in [0.2, 0.25) is 5.91 Å². The Labute approximate surface area is 138 Å². The number of hydrogen-bond acceptors (Lipinski definition) is 3. The first kappa shape index (κ1) is 17.0. The molecule has 2 aromatic carbocycles. The molecule has 122 valence electrons. The molecule has 0 aromatic heterocycles. The summed E-state index contributed by atoms with van der Waals surface area (Å²) >= 11 is 0. The maximum Gasteiger partial charge on any atom is 0.228 e. The van der Waals surface area contributed by atoms with Crippen LogP contribution in [0.1, 0.15) is 18.9 Å². The van der Waals surface area contributed by atoms with Gasteiger partial charge in [0.1, 0.15) is 5.75 Å². The lowest BCUT2D eigenvalue weighted by atomic mass is 10.2. The minimum Gasteiger partial charge on any atom is -0.497 e. The van der Waals surface area contributed by atoms with E-state index in [4.69, 9.17) is 4.74 Å². The highest BCUT2D eigenvalue weighted by Gasteiger charge is 2.12. The lowest BCUT2D eigenvalue weighted by Gasteiger charge is -2.21. The third kappa shape index (κ3) is 5.11. The van der Waals surface area contributed by atoms with Crippen molar-refractivity contribution >= 4 is 11.6 Å². The summed E-state index contributed by atoms with van der Waals surface area (Å²) in [5, 5.41) is 3.31. The zero-order chi connectivity index (χ0) is 16.5. The molecule has 4 nitrogen and oxygen atoms in total. The van der Waals surface area contributed by atoms with Gasteiger partial charge in [-0.3, -0.25) is 4.79 Å². The van der Waals surface area contributed by atoms with E-state index in [1.807, 2.05) is 66.4 Å². The van der Waals surface area contributed by atoms with Gasteiger partial charge in [-0.15, -0.1) is 0 Å². The smallest absolute Gasteiger partial charge is 0.228 e. The second-order valence-corrected chi connectivity index (χ2v) is 5.25. The van der Waals surface area contributed by atoms with Crippen molar-refractivity contribution in [3.8, 4) is 5.75 Å². The summed E-state index contributed by atoms with van der Waals surface area (Å²) in [5.74, 6) is 0.992. The van der Waals surface area contributed by atoms with Gasteiger partial charge in [-0.2, -0.15) is 0 Å². The van der Waals surface area contributed by atoms with E-state index in [9.17, 15) is 4.79 Å². The first-order valence-corrected chi connectivity index (χ1v) is 7.93. The molecule has 0 heterocycles. The van der Waals surface area contributed by atoms with Crippen LogP contribution in [-0.2, 0) is 11.3 Å². The van der Waals surface area contributed by atoms with Crippen LogP contribution in [0.3, 0.4) is 0 Å². The Morgan fingerprint density at radius 3 is 2.39 bits per heavy atom. The Hall–Kier alpha value is -2.33. The molecule has 0 saturated carbocycles. The largest absolute Gasteiger partial charge is 0.497 e. The quantitative estimate of drug-likeness (QED) is 0.761. The second kappa shape index (κ2) is 8.96. The number of rotatable bonds is 8. The van der Waals surface area contributed by atoms with E-state index in [0.717, 1.165) is 18.0 Å². The van der Waals surface area contributed by atoms with Crippen molar-refractivity contribution in [2.45, 2.75) is 19.9 Å². The van der Waals surface area contributed by atoms with Crippen LogP contribution in [0.5, 0.6) is 5.75 Å². The Balaban J connectivity index is 1.77. The van der Waals surface area contributed by atoms with Gasteiger partial charge in [-0.1, -0.05) is 30.3 Å². The van der Waals surface area contributed by atoms with Crippen LogP contribution < -0.4 is 15.0 Å². The fraction of sp³-hybridized carbons (Fsp3) is 0.316. The van der Waals surface area contributed by atoms with E-state index in [1.165, 1.54) is 5.56 Å². The molecule has 0 saturated heterocycles. The molecule has 0 aliphatic carbocycles. The molecule has 0 fully saturated rings. The van der Waals surface area contributed by atoms with Gasteiger partial charge in [0.05, 0.1) is 7.11 Å². The maximum absolute atomic E-state index is 12.3. The van der Waals surface area contributed by atoms with Crippen LogP contribution in [-0.4, -0.2) is 26.1 Å². The molecule has 23 heavy (non-hydrogen) atoms. The predicted octanol–water partition coefficient (Wildman–Crippen LogP) is 3.23. The van der Waals surface area contributed by atoms with E-state index in [-0.39, 0.29) is 5.91 Å². The Bertz CT molecular complexity index is 597. The van der Waals surface area contributed by atoms with E-state index in [0.29, 0.717) is 19.5 Å². The molecule has 0 bridgehead atoms. The normalized spacial score (nSPS) is 10.3. The van der Waals surface area contributed by atoms with E-state index in [2.05, 4.69) is 5.32 Å². The van der Waals surface area contributed by atoms with Crippen LogP contribution >= 0.6 is 0 Å². The Morgan fingerprint density at radius 1 is 1.09 bits per heavy atom. The van der Waals surface area contributed by atoms with Crippen molar-refractivity contribution in [3.05, 3.63) is 60.2 Å². The number of amides is 1. The highest BCUT2D eigenvalue weighted by atomic mass is 16.5. The number of ether oxygens (including phenoxy) is 1. The highest BCUT2D eigenvalue weighted by molar-refractivity contribution is 5.93. The van der Waals surface area contributed by atoms with Crippen molar-refractivity contribution < 1.29 is 9.53 Å². The average Bonchev–Trinajstić information content (AvgIpc) is 2.61. The number of para-hydroxylation sites is 1. The SMILES string of the molecule is CCN(C(=O)CCNCc1ccc(OC)cc1)c1ccccc1. The summed E-state index contributed by atoms with van der Waals surface area (Å²) in [5.41, 5.74) is 2.13. The third-order valence-electron chi connectivity index (χ3n) is 3.69. The zero-order valence-corrected chi connectivity index (χ0v) is 13.8. The summed E-state index contributed by atoms with van der Waals surface area (Å²) < 4.78 is 5.14. The molecule has 0 atom stereocenters. The molecule has 0 unspecified atom stereocenters. The van der Waals surface area contributed by atoms with Crippen LogP contribution in [0.2, 0.25) is 0 Å². The maximum atomic E-state index is 12.3. The Kier molecular flexibility index (Phi) is 6.63. The molecule has 0 spiro atoms. The lowest BCUT2D eigenvalue weighted by Crippen LogP contribution is -2.32. The van der Waals surface area contributed by atoms with Gasteiger partial charge >= 0.3 is 0 Å². The predicted molar refractivity (Wildman–Crippen MR) is 93.8 cm³/mol. The molecule has 4 heteroatoms. The highest BCUT2D eigenvalue weighted by Crippen LogP contribution is 2.14. The summed E-state index contributed by atoms with van der Waals surface area (Å²) in [7, 11) is 1.66. The molecular weight excluding hydrogens is 288 g/mol. The topological polar surface area (TPSA) is 41.6 Å². The van der Waals surface area contributed by atoms with Crippen LogP contribution in [0.15, 0.2) is 54.6 Å².